The van der Waals surface area contributed by atoms with E-state index < -0.39 is 0 Å². The average Bonchev–Trinajstić information content (AvgIpc) is 3.21. The van der Waals surface area contributed by atoms with Crippen LogP contribution in [0.5, 0.6) is 0 Å². The van der Waals surface area contributed by atoms with Gasteiger partial charge in [0.05, 0.1) is 28.4 Å². The largest absolute Gasteiger partial charge is 0.465 e. The van der Waals surface area contributed by atoms with Gasteiger partial charge in [0.2, 0.25) is 0 Å². The molecule has 2 heterocycles. The minimum Gasteiger partial charge on any atom is -0.465 e. The summed E-state index contributed by atoms with van der Waals surface area (Å²) in [4.78, 5) is 16.3. The van der Waals surface area contributed by atoms with Gasteiger partial charge in [0.25, 0.3) is 5.91 Å². The van der Waals surface area contributed by atoms with E-state index in [0.717, 1.165) is 25.9 Å². The Bertz CT molecular complexity index is 849. The molecule has 0 bridgehead atoms. The summed E-state index contributed by atoms with van der Waals surface area (Å²) in [6, 6.07) is 11.6. The van der Waals surface area contributed by atoms with Crippen LogP contribution >= 0.6 is 23.1 Å². The molecular formula is C17H15N3O2S2. The molecule has 0 saturated heterocycles. The number of furan rings is 1. The van der Waals surface area contributed by atoms with Crippen LogP contribution in [-0.2, 0) is 4.79 Å². The Kier molecular flexibility index (Phi) is 5.45. The van der Waals surface area contributed by atoms with Crippen molar-refractivity contribution < 1.29 is 9.21 Å². The van der Waals surface area contributed by atoms with Crippen LogP contribution in [0.25, 0.3) is 16.3 Å². The number of hydrogen-bond donors (Lipinski definition) is 1. The molecule has 5 nitrogen and oxygen atoms in total. The standard InChI is InChI=1S/C17H15N3O2S2/c1-12(9-13-5-4-8-22-13)10-18-20-16(21)11-23-17-19-14-6-2-3-7-15(14)24-17/h2-10H,11H2,1H3,(H,20,21)/b12-9+,18-10+. The predicted octanol–water partition coefficient (Wildman–Crippen LogP) is 4.19. The Morgan fingerprint density at radius 2 is 2.25 bits per heavy atom. The van der Waals surface area contributed by atoms with Crippen LogP contribution in [0.4, 0.5) is 0 Å². The number of hydrogen-bond acceptors (Lipinski definition) is 6. The van der Waals surface area contributed by atoms with Crippen molar-refractivity contribution in [1.29, 1.82) is 0 Å². The van der Waals surface area contributed by atoms with Gasteiger partial charge >= 0.3 is 0 Å². The number of thiazole rings is 1. The fraction of sp³-hybridized carbons (Fsp3) is 0.118. The van der Waals surface area contributed by atoms with E-state index >= 15 is 0 Å². The predicted molar refractivity (Wildman–Crippen MR) is 99.3 cm³/mol. The summed E-state index contributed by atoms with van der Waals surface area (Å²) in [5.74, 6) is 0.857. The van der Waals surface area contributed by atoms with Crippen LogP contribution in [0.15, 0.2) is 62.1 Å². The van der Waals surface area contributed by atoms with Gasteiger partial charge in [-0.2, -0.15) is 5.10 Å². The smallest absolute Gasteiger partial charge is 0.250 e. The summed E-state index contributed by atoms with van der Waals surface area (Å²) in [6.45, 7) is 1.88. The van der Waals surface area contributed by atoms with Gasteiger partial charge in [0, 0.05) is 0 Å². The Labute approximate surface area is 147 Å². The molecule has 0 radical (unpaired) electrons. The molecule has 3 aromatic rings. The lowest BCUT2D eigenvalue weighted by Gasteiger charge is -1.97. The molecule has 0 unspecified atom stereocenters. The van der Waals surface area contributed by atoms with Gasteiger partial charge in [-0.05, 0) is 42.8 Å². The van der Waals surface area contributed by atoms with E-state index in [4.69, 9.17) is 4.42 Å². The maximum Gasteiger partial charge on any atom is 0.250 e. The van der Waals surface area contributed by atoms with Gasteiger partial charge in [-0.1, -0.05) is 23.9 Å². The number of para-hydroxylation sites is 1. The molecule has 0 atom stereocenters. The highest BCUT2D eigenvalue weighted by molar-refractivity contribution is 8.01. The summed E-state index contributed by atoms with van der Waals surface area (Å²) in [5.41, 5.74) is 4.35. The molecule has 0 fully saturated rings. The summed E-state index contributed by atoms with van der Waals surface area (Å²) in [5, 5.41) is 3.94. The molecule has 0 saturated carbocycles. The fourth-order valence-corrected chi connectivity index (χ4v) is 3.77. The van der Waals surface area contributed by atoms with Crippen LogP contribution in [0.3, 0.4) is 0 Å². The molecule has 3 rings (SSSR count). The maximum atomic E-state index is 11.8. The molecule has 1 N–H and O–H groups in total. The summed E-state index contributed by atoms with van der Waals surface area (Å²) in [7, 11) is 0. The highest BCUT2D eigenvalue weighted by Gasteiger charge is 2.06. The quantitative estimate of drug-likeness (QED) is 0.408. The van der Waals surface area contributed by atoms with Crippen LogP contribution in [0, 0.1) is 0 Å². The second kappa shape index (κ2) is 7.94. The molecule has 0 aliphatic rings. The second-order valence-corrected chi connectivity index (χ2v) is 7.19. The summed E-state index contributed by atoms with van der Waals surface area (Å²) >= 11 is 2.99. The molecule has 1 amide bonds. The minimum atomic E-state index is -0.165. The number of aromatic nitrogens is 1. The van der Waals surface area contributed by atoms with E-state index in [-0.39, 0.29) is 11.7 Å². The fourth-order valence-electron chi connectivity index (χ4n) is 1.91. The zero-order chi connectivity index (χ0) is 16.8. The lowest BCUT2D eigenvalue weighted by Crippen LogP contribution is -2.19. The van der Waals surface area contributed by atoms with Crippen molar-refractivity contribution in [1.82, 2.24) is 10.4 Å². The highest BCUT2D eigenvalue weighted by Crippen LogP contribution is 2.28. The lowest BCUT2D eigenvalue weighted by atomic mass is 10.3. The molecule has 2 aromatic heterocycles. The first-order chi connectivity index (χ1) is 11.7. The van der Waals surface area contributed by atoms with Crippen molar-refractivity contribution in [2.45, 2.75) is 11.3 Å². The van der Waals surface area contributed by atoms with E-state index in [1.807, 2.05) is 49.4 Å². The van der Waals surface area contributed by atoms with Crippen LogP contribution < -0.4 is 5.43 Å². The van der Waals surface area contributed by atoms with Crippen molar-refractivity contribution in [3.63, 3.8) is 0 Å². The summed E-state index contributed by atoms with van der Waals surface area (Å²) in [6.07, 6.45) is 5.03. The number of nitrogens with one attached hydrogen (secondary N) is 1. The Morgan fingerprint density at radius 3 is 3.04 bits per heavy atom. The van der Waals surface area contributed by atoms with Crippen LogP contribution in [-0.4, -0.2) is 22.9 Å². The normalized spacial score (nSPS) is 12.1. The number of carbonyl (C=O) groups excluding carboxylic acids is 1. The number of benzene rings is 1. The number of carbonyl (C=O) groups is 1. The summed E-state index contributed by atoms with van der Waals surface area (Å²) < 4.78 is 7.21. The number of hydrazone groups is 1. The monoisotopic (exact) mass is 357 g/mol. The third-order valence-electron chi connectivity index (χ3n) is 2.97. The van der Waals surface area contributed by atoms with E-state index in [2.05, 4.69) is 15.5 Å². The van der Waals surface area contributed by atoms with Crippen molar-refractivity contribution in [2.24, 2.45) is 5.10 Å². The maximum absolute atomic E-state index is 11.8. The van der Waals surface area contributed by atoms with Gasteiger partial charge in [-0.15, -0.1) is 11.3 Å². The molecular weight excluding hydrogens is 342 g/mol. The van der Waals surface area contributed by atoms with E-state index in [1.165, 1.54) is 11.8 Å². The topological polar surface area (TPSA) is 67.5 Å². The SMILES string of the molecule is CC(/C=N/NC(=O)CSc1nc2ccccc2s1)=C\c1ccco1. The van der Waals surface area contributed by atoms with E-state index in [1.54, 1.807) is 23.8 Å². The lowest BCUT2D eigenvalue weighted by molar-refractivity contribution is -0.118. The second-order valence-electron chi connectivity index (χ2n) is 4.93. The molecule has 122 valence electrons. The van der Waals surface area contributed by atoms with E-state index in [9.17, 15) is 4.79 Å². The molecule has 0 spiro atoms. The molecule has 1 aromatic carbocycles. The number of fused-ring (bicyclic) bond motifs is 1. The Hall–Kier alpha value is -2.38. The van der Waals surface area contributed by atoms with Crippen molar-refractivity contribution in [2.75, 3.05) is 5.75 Å². The molecule has 0 aliphatic heterocycles. The molecule has 7 heteroatoms. The van der Waals surface area contributed by atoms with Crippen molar-refractivity contribution in [3.05, 3.63) is 54.0 Å². The number of allylic oxidation sites excluding steroid dienone is 1. The Morgan fingerprint density at radius 1 is 1.38 bits per heavy atom. The van der Waals surface area contributed by atoms with E-state index in [0.29, 0.717) is 0 Å². The number of amides is 1. The zero-order valence-electron chi connectivity index (χ0n) is 12.9. The van der Waals surface area contributed by atoms with Gasteiger partial charge < -0.3 is 4.42 Å². The van der Waals surface area contributed by atoms with Crippen molar-refractivity contribution >= 4 is 51.5 Å². The van der Waals surface area contributed by atoms with Gasteiger partial charge in [0.15, 0.2) is 4.34 Å². The number of nitrogens with zero attached hydrogens (tertiary/aromatic N) is 2. The first-order valence-electron chi connectivity index (χ1n) is 7.23. The number of rotatable bonds is 6. The van der Waals surface area contributed by atoms with Crippen molar-refractivity contribution in [3.8, 4) is 0 Å². The average molecular weight is 357 g/mol. The van der Waals surface area contributed by atoms with Crippen LogP contribution in [0.1, 0.15) is 12.7 Å². The van der Waals surface area contributed by atoms with Crippen LogP contribution in [0.2, 0.25) is 0 Å². The Balaban J connectivity index is 1.48. The first-order valence-corrected chi connectivity index (χ1v) is 9.03. The first kappa shape index (κ1) is 16.5. The molecule has 0 aliphatic carbocycles. The highest BCUT2D eigenvalue weighted by atomic mass is 32.2. The van der Waals surface area contributed by atoms with Gasteiger partial charge in [-0.25, -0.2) is 10.4 Å². The zero-order valence-corrected chi connectivity index (χ0v) is 14.6. The minimum absolute atomic E-state index is 0.165. The van der Waals surface area contributed by atoms with Gasteiger partial charge in [0.1, 0.15) is 5.76 Å². The number of thioether (sulfide) groups is 1. The third-order valence-corrected chi connectivity index (χ3v) is 5.15. The molecule has 24 heavy (non-hydrogen) atoms. The third kappa shape index (κ3) is 4.56. The van der Waals surface area contributed by atoms with Gasteiger partial charge in [-0.3, -0.25) is 4.79 Å².